The van der Waals surface area contributed by atoms with Gasteiger partial charge in [0.15, 0.2) is 0 Å². The lowest BCUT2D eigenvalue weighted by Gasteiger charge is -2.18. The molecule has 8 heteroatoms. The monoisotopic (exact) mass is 835 g/mol. The Morgan fingerprint density at radius 3 is 1.19 bits per heavy atom. The SMILES string of the molecule is CCCCCC(CCCCC)CCOC(=O)CCCCCCCC(CCCCCCCC(=O)OCCC(CCCCC)CCCCC)OS(=O)(=O)c1ccc(C)cc1. The van der Waals surface area contributed by atoms with Gasteiger partial charge in [0, 0.05) is 12.8 Å². The van der Waals surface area contributed by atoms with Crippen LogP contribution in [0.4, 0.5) is 0 Å². The van der Waals surface area contributed by atoms with Gasteiger partial charge in [0.1, 0.15) is 0 Å². The Kier molecular flexibility index (Phi) is 34.4. The molecule has 0 radical (unpaired) electrons. The summed E-state index contributed by atoms with van der Waals surface area (Å²) in [7, 11) is -3.85. The smallest absolute Gasteiger partial charge is 0.305 e. The molecule has 0 bridgehead atoms. The molecule has 0 heterocycles. The van der Waals surface area contributed by atoms with E-state index < -0.39 is 10.1 Å². The van der Waals surface area contributed by atoms with Gasteiger partial charge in [0.25, 0.3) is 10.1 Å². The van der Waals surface area contributed by atoms with Crippen LogP contribution in [-0.4, -0.2) is 39.7 Å². The summed E-state index contributed by atoms with van der Waals surface area (Å²) in [5.74, 6) is 1.18. The van der Waals surface area contributed by atoms with E-state index in [1.54, 1.807) is 24.3 Å². The first-order valence-corrected chi connectivity index (χ1v) is 25.9. The van der Waals surface area contributed by atoms with E-state index in [9.17, 15) is 18.0 Å². The van der Waals surface area contributed by atoms with Crippen molar-refractivity contribution in [3.8, 4) is 0 Å². The Morgan fingerprint density at radius 1 is 0.466 bits per heavy atom. The lowest BCUT2D eigenvalue weighted by Crippen LogP contribution is -2.19. The third-order valence-corrected chi connectivity index (χ3v) is 13.2. The van der Waals surface area contributed by atoms with E-state index in [1.807, 2.05) is 6.92 Å². The fourth-order valence-corrected chi connectivity index (χ4v) is 9.08. The largest absolute Gasteiger partial charge is 0.466 e. The third-order valence-electron chi connectivity index (χ3n) is 11.8. The number of hydrogen-bond donors (Lipinski definition) is 0. The predicted molar refractivity (Wildman–Crippen MR) is 243 cm³/mol. The van der Waals surface area contributed by atoms with E-state index in [2.05, 4.69) is 27.7 Å². The van der Waals surface area contributed by atoms with E-state index >= 15 is 0 Å². The van der Waals surface area contributed by atoms with Crippen LogP contribution >= 0.6 is 0 Å². The van der Waals surface area contributed by atoms with Crippen LogP contribution in [0.2, 0.25) is 0 Å². The average Bonchev–Trinajstić information content (AvgIpc) is 3.20. The van der Waals surface area contributed by atoms with Crippen molar-refractivity contribution in [1.82, 2.24) is 0 Å². The maximum Gasteiger partial charge on any atom is 0.305 e. The first-order chi connectivity index (χ1) is 28.1. The lowest BCUT2D eigenvalue weighted by molar-refractivity contribution is -0.145. The summed E-state index contributed by atoms with van der Waals surface area (Å²) < 4.78 is 43.5. The molecule has 7 nitrogen and oxygen atoms in total. The van der Waals surface area contributed by atoms with Gasteiger partial charge in [-0.15, -0.1) is 0 Å². The van der Waals surface area contributed by atoms with Gasteiger partial charge >= 0.3 is 11.9 Å². The second-order valence-electron chi connectivity index (χ2n) is 17.3. The molecule has 0 spiro atoms. The molecule has 1 aromatic rings. The minimum atomic E-state index is -3.85. The fourth-order valence-electron chi connectivity index (χ4n) is 7.94. The lowest BCUT2D eigenvalue weighted by atomic mass is 9.92. The van der Waals surface area contributed by atoms with Crippen LogP contribution in [0.5, 0.6) is 0 Å². The highest BCUT2D eigenvalue weighted by molar-refractivity contribution is 7.86. The number of carbonyl (C=O) groups excluding carboxylic acids is 2. The molecule has 1 rings (SSSR count). The summed E-state index contributed by atoms with van der Waals surface area (Å²) in [6.45, 7) is 12.0. The quantitative estimate of drug-likeness (QED) is 0.0368. The van der Waals surface area contributed by atoms with Crippen LogP contribution in [0.3, 0.4) is 0 Å². The Morgan fingerprint density at radius 2 is 0.810 bits per heavy atom. The summed E-state index contributed by atoms with van der Waals surface area (Å²) in [5.41, 5.74) is 1.01. The van der Waals surface area contributed by atoms with Crippen molar-refractivity contribution in [1.29, 1.82) is 0 Å². The van der Waals surface area contributed by atoms with Crippen molar-refractivity contribution in [2.75, 3.05) is 13.2 Å². The molecule has 0 aliphatic heterocycles. The summed E-state index contributed by atoms with van der Waals surface area (Å²) in [4.78, 5) is 25.0. The van der Waals surface area contributed by atoms with Crippen molar-refractivity contribution in [3.63, 3.8) is 0 Å². The number of esters is 2. The molecule has 0 aliphatic rings. The molecule has 0 atom stereocenters. The Labute approximate surface area is 358 Å². The molecule has 0 saturated heterocycles. The minimum absolute atomic E-state index is 0.0785. The first kappa shape index (κ1) is 54.1. The van der Waals surface area contributed by atoms with Gasteiger partial charge in [-0.25, -0.2) is 0 Å². The zero-order valence-electron chi connectivity index (χ0n) is 38.3. The van der Waals surface area contributed by atoms with E-state index in [4.69, 9.17) is 13.7 Å². The van der Waals surface area contributed by atoms with Crippen LogP contribution < -0.4 is 0 Å². The van der Waals surface area contributed by atoms with E-state index in [-0.39, 0.29) is 22.9 Å². The van der Waals surface area contributed by atoms with Gasteiger partial charge in [-0.05, 0) is 69.4 Å². The normalized spacial score (nSPS) is 11.9. The van der Waals surface area contributed by atoms with Crippen molar-refractivity contribution in [2.24, 2.45) is 11.8 Å². The molecule has 0 aliphatic carbocycles. The summed E-state index contributed by atoms with van der Waals surface area (Å²) in [5, 5.41) is 0. The Balaban J connectivity index is 2.40. The van der Waals surface area contributed by atoms with Crippen LogP contribution in [0.15, 0.2) is 29.2 Å². The number of carbonyl (C=O) groups is 2. The summed E-state index contributed by atoms with van der Waals surface area (Å²) in [6.07, 6.45) is 33.4. The van der Waals surface area contributed by atoms with E-state index in [0.29, 0.717) is 50.7 Å². The molecule has 338 valence electrons. The molecule has 0 fully saturated rings. The van der Waals surface area contributed by atoms with Crippen LogP contribution in [0.1, 0.15) is 239 Å². The minimum Gasteiger partial charge on any atom is -0.466 e. The standard InChI is InChI=1S/C50H90O7S/c1-6-10-20-28-45(29-21-11-7-2)40-42-55-49(51)34-26-18-14-16-24-32-47(57-58(53,54)48-38-36-44(5)37-39-48)33-25-17-15-19-27-35-50(52)56-43-41-46(30-22-12-8-3)31-23-13-9-4/h36-39,45-47H,6-35,40-43H2,1-5H3. The van der Waals surface area contributed by atoms with Gasteiger partial charge in [0.05, 0.1) is 24.2 Å². The number of ether oxygens (including phenoxy) is 2. The fraction of sp³-hybridized carbons (Fsp3) is 0.840. The first-order valence-electron chi connectivity index (χ1n) is 24.5. The van der Waals surface area contributed by atoms with Crippen molar-refractivity contribution in [3.05, 3.63) is 29.8 Å². The molecule has 0 aromatic heterocycles. The maximum absolute atomic E-state index is 13.2. The second-order valence-corrected chi connectivity index (χ2v) is 18.9. The zero-order valence-corrected chi connectivity index (χ0v) is 39.2. The highest BCUT2D eigenvalue weighted by atomic mass is 32.2. The molecule has 0 saturated carbocycles. The molecule has 1 aromatic carbocycles. The van der Waals surface area contributed by atoms with Crippen LogP contribution in [0, 0.1) is 18.8 Å². The van der Waals surface area contributed by atoms with Crippen molar-refractivity contribution in [2.45, 2.75) is 251 Å². The number of benzene rings is 1. The number of hydrogen-bond acceptors (Lipinski definition) is 7. The van der Waals surface area contributed by atoms with Gasteiger partial charge in [0.2, 0.25) is 0 Å². The van der Waals surface area contributed by atoms with Gasteiger partial charge < -0.3 is 9.47 Å². The molecule has 0 unspecified atom stereocenters. The molecular formula is C50H90O7S. The van der Waals surface area contributed by atoms with E-state index in [1.165, 1.54) is 103 Å². The van der Waals surface area contributed by atoms with Crippen molar-refractivity contribution < 1.29 is 31.7 Å². The summed E-state index contributed by atoms with van der Waals surface area (Å²) in [6, 6.07) is 6.85. The molecule has 58 heavy (non-hydrogen) atoms. The maximum atomic E-state index is 13.2. The topological polar surface area (TPSA) is 96.0 Å². The van der Waals surface area contributed by atoms with Crippen LogP contribution in [0.25, 0.3) is 0 Å². The average molecular weight is 835 g/mol. The molecule has 0 N–H and O–H groups in total. The number of rotatable bonds is 41. The Hall–Kier alpha value is -1.93. The van der Waals surface area contributed by atoms with Gasteiger partial charge in [-0.3, -0.25) is 13.8 Å². The molecular weight excluding hydrogens is 745 g/mol. The van der Waals surface area contributed by atoms with Gasteiger partial charge in [-0.2, -0.15) is 8.42 Å². The van der Waals surface area contributed by atoms with E-state index in [0.717, 1.165) is 82.6 Å². The zero-order chi connectivity index (χ0) is 42.5. The number of aryl methyl sites for hydroxylation is 1. The third kappa shape index (κ3) is 30.1. The highest BCUT2D eigenvalue weighted by Gasteiger charge is 2.22. The second kappa shape index (κ2) is 36.9. The van der Waals surface area contributed by atoms with Gasteiger partial charge in [-0.1, -0.05) is 199 Å². The number of unbranched alkanes of at least 4 members (excludes halogenated alkanes) is 16. The summed E-state index contributed by atoms with van der Waals surface area (Å²) >= 11 is 0. The predicted octanol–water partition coefficient (Wildman–Crippen LogP) is 15.0. The molecule has 0 amide bonds. The highest BCUT2D eigenvalue weighted by Crippen LogP contribution is 2.25. The van der Waals surface area contributed by atoms with Crippen LogP contribution in [-0.2, 0) is 33.4 Å². The van der Waals surface area contributed by atoms with Crippen molar-refractivity contribution >= 4 is 22.1 Å². The Bertz CT molecular complexity index is 1140.